The predicted molar refractivity (Wildman–Crippen MR) is 70.0 cm³/mol. The van der Waals surface area contributed by atoms with Gasteiger partial charge in [-0.15, -0.1) is 11.6 Å². The van der Waals surface area contributed by atoms with Crippen LogP contribution in [0, 0.1) is 0 Å². The fourth-order valence-electron chi connectivity index (χ4n) is 1.61. The summed E-state index contributed by atoms with van der Waals surface area (Å²) in [7, 11) is -0.356. The van der Waals surface area contributed by atoms with Crippen molar-refractivity contribution in [1.82, 2.24) is 24.1 Å². The van der Waals surface area contributed by atoms with Crippen molar-refractivity contribution in [3.8, 4) is 0 Å². The fraction of sp³-hybridized carbons (Fsp3) is 0.400. The average Bonchev–Trinajstić information content (AvgIpc) is 2.98. The van der Waals surface area contributed by atoms with Gasteiger partial charge in [-0.25, -0.2) is 13.4 Å². The van der Waals surface area contributed by atoms with Crippen LogP contribution in [0.2, 0.25) is 0 Å². The second-order valence-electron chi connectivity index (χ2n) is 4.07. The van der Waals surface area contributed by atoms with Crippen molar-refractivity contribution in [3.63, 3.8) is 0 Å². The van der Waals surface area contributed by atoms with E-state index in [1.165, 1.54) is 17.5 Å². The van der Waals surface area contributed by atoms with Crippen LogP contribution >= 0.6 is 11.6 Å². The van der Waals surface area contributed by atoms with E-state index < -0.39 is 10.0 Å². The number of hydrogen-bond acceptors (Lipinski definition) is 4. The number of H-pyrrole nitrogens is 1. The van der Waals surface area contributed by atoms with Gasteiger partial charge in [0.05, 0.1) is 18.6 Å². The first kappa shape index (κ1) is 14.0. The number of hydrogen-bond donors (Lipinski definition) is 1. The molecule has 0 amide bonds. The van der Waals surface area contributed by atoms with Gasteiger partial charge in [0.2, 0.25) is 0 Å². The predicted octanol–water partition coefficient (Wildman–Crippen LogP) is 0.703. The third kappa shape index (κ3) is 2.65. The molecule has 0 aliphatic rings. The lowest BCUT2D eigenvalue weighted by Crippen LogP contribution is -2.28. The van der Waals surface area contributed by atoms with Crippen molar-refractivity contribution >= 4 is 21.6 Å². The van der Waals surface area contributed by atoms with Crippen molar-refractivity contribution in [2.45, 2.75) is 17.5 Å². The zero-order chi connectivity index (χ0) is 14.0. The van der Waals surface area contributed by atoms with Gasteiger partial charge in [0.25, 0.3) is 10.0 Å². The van der Waals surface area contributed by atoms with Gasteiger partial charge in [0, 0.05) is 32.1 Å². The van der Waals surface area contributed by atoms with Crippen LogP contribution in [0.5, 0.6) is 0 Å². The molecule has 2 aromatic heterocycles. The number of halogens is 1. The average molecular weight is 304 g/mol. The molecule has 0 atom stereocenters. The van der Waals surface area contributed by atoms with Gasteiger partial charge in [-0.3, -0.25) is 5.10 Å². The zero-order valence-corrected chi connectivity index (χ0v) is 12.1. The summed E-state index contributed by atoms with van der Waals surface area (Å²) in [5.74, 6) is 0.736. The highest BCUT2D eigenvalue weighted by Crippen LogP contribution is 2.19. The Bertz CT molecular complexity index is 663. The quantitative estimate of drug-likeness (QED) is 0.824. The highest BCUT2D eigenvalue weighted by atomic mass is 35.5. The van der Waals surface area contributed by atoms with Crippen molar-refractivity contribution in [2.75, 3.05) is 7.05 Å². The zero-order valence-electron chi connectivity index (χ0n) is 10.5. The number of nitrogens with zero attached hydrogens (tertiary/aromatic N) is 4. The van der Waals surface area contributed by atoms with E-state index in [1.54, 1.807) is 17.0 Å². The van der Waals surface area contributed by atoms with Crippen LogP contribution in [-0.4, -0.2) is 39.5 Å². The van der Waals surface area contributed by atoms with Crippen molar-refractivity contribution in [2.24, 2.45) is 7.05 Å². The summed E-state index contributed by atoms with van der Waals surface area (Å²) in [6, 6.07) is 0. The van der Waals surface area contributed by atoms with Crippen LogP contribution in [0.4, 0.5) is 0 Å². The van der Waals surface area contributed by atoms with E-state index in [0.29, 0.717) is 11.4 Å². The molecule has 7 nitrogen and oxygen atoms in total. The van der Waals surface area contributed by atoms with Gasteiger partial charge >= 0.3 is 0 Å². The normalized spacial score (nSPS) is 12.2. The molecule has 104 valence electrons. The summed E-state index contributed by atoms with van der Waals surface area (Å²) in [5, 5.41) is 6.23. The Morgan fingerprint density at radius 1 is 1.53 bits per heavy atom. The number of aromatic nitrogens is 4. The monoisotopic (exact) mass is 303 g/mol. The second-order valence-corrected chi connectivity index (χ2v) is 6.32. The SMILES string of the molecule is CN(Cc1nccn1C)S(=O)(=O)c1[nH]ncc1CCl. The molecule has 0 aliphatic carbocycles. The van der Waals surface area contributed by atoms with E-state index in [9.17, 15) is 8.42 Å². The maximum absolute atomic E-state index is 12.4. The summed E-state index contributed by atoms with van der Waals surface area (Å²) in [6.45, 7) is 0.173. The molecule has 9 heteroatoms. The van der Waals surface area contributed by atoms with Crippen molar-refractivity contribution in [1.29, 1.82) is 0 Å². The first-order chi connectivity index (χ1) is 8.96. The first-order valence-corrected chi connectivity index (χ1v) is 7.45. The lowest BCUT2D eigenvalue weighted by Gasteiger charge is -2.16. The highest BCUT2D eigenvalue weighted by Gasteiger charge is 2.26. The van der Waals surface area contributed by atoms with Crippen molar-refractivity contribution < 1.29 is 8.42 Å². The minimum atomic E-state index is -3.65. The van der Waals surface area contributed by atoms with E-state index in [0.717, 1.165) is 0 Å². The van der Waals surface area contributed by atoms with E-state index >= 15 is 0 Å². The molecule has 0 saturated carbocycles. The molecule has 1 N–H and O–H groups in total. The van der Waals surface area contributed by atoms with Crippen LogP contribution < -0.4 is 0 Å². The summed E-state index contributed by atoms with van der Waals surface area (Å²) in [4.78, 5) is 4.10. The summed E-state index contributed by atoms with van der Waals surface area (Å²) in [6.07, 6.45) is 4.79. The topological polar surface area (TPSA) is 83.9 Å². The molecule has 2 rings (SSSR count). The summed E-state index contributed by atoms with van der Waals surface area (Å²) < 4.78 is 27.7. The van der Waals surface area contributed by atoms with E-state index in [-0.39, 0.29) is 17.5 Å². The van der Waals surface area contributed by atoms with E-state index in [1.807, 2.05) is 7.05 Å². The summed E-state index contributed by atoms with van der Waals surface area (Å²) in [5.41, 5.74) is 0.452. The minimum absolute atomic E-state index is 0.0270. The molecule has 0 fully saturated rings. The number of rotatable bonds is 5. The number of imidazole rings is 1. The van der Waals surface area contributed by atoms with Crippen LogP contribution in [0.25, 0.3) is 0 Å². The maximum atomic E-state index is 12.4. The van der Waals surface area contributed by atoms with Crippen LogP contribution in [-0.2, 0) is 29.5 Å². The van der Waals surface area contributed by atoms with Gasteiger partial charge in [-0.2, -0.15) is 9.40 Å². The molecule has 0 unspecified atom stereocenters. The Kier molecular flexibility index (Phi) is 3.93. The molecule has 0 bridgehead atoms. The highest BCUT2D eigenvalue weighted by molar-refractivity contribution is 7.89. The number of nitrogens with one attached hydrogen (secondary N) is 1. The molecular formula is C10H14ClN5O2S. The Morgan fingerprint density at radius 3 is 2.84 bits per heavy atom. The molecule has 0 radical (unpaired) electrons. The molecule has 19 heavy (non-hydrogen) atoms. The van der Waals surface area contributed by atoms with Gasteiger partial charge in [0.1, 0.15) is 5.82 Å². The molecule has 0 aromatic carbocycles. The number of aryl methyl sites for hydroxylation is 1. The molecule has 0 aliphatic heterocycles. The third-order valence-electron chi connectivity index (χ3n) is 2.78. The lowest BCUT2D eigenvalue weighted by atomic mass is 10.4. The van der Waals surface area contributed by atoms with E-state index in [4.69, 9.17) is 11.6 Å². The standard InChI is InChI=1S/C10H14ClN5O2S/c1-15-4-3-12-9(15)7-16(2)19(17,18)10-8(5-11)6-13-14-10/h3-4,6H,5,7H2,1-2H3,(H,13,14). The molecule has 2 heterocycles. The second kappa shape index (κ2) is 5.32. The Morgan fingerprint density at radius 2 is 2.26 bits per heavy atom. The molecule has 0 saturated heterocycles. The first-order valence-electron chi connectivity index (χ1n) is 5.47. The van der Waals surface area contributed by atoms with Gasteiger partial charge < -0.3 is 4.57 Å². The fourth-order valence-corrected chi connectivity index (χ4v) is 3.11. The molecular weight excluding hydrogens is 290 g/mol. The lowest BCUT2D eigenvalue weighted by molar-refractivity contribution is 0.448. The Labute approximate surface area is 116 Å². The van der Waals surface area contributed by atoms with Crippen molar-refractivity contribution in [3.05, 3.63) is 30.0 Å². The van der Waals surface area contributed by atoms with Gasteiger partial charge in [-0.1, -0.05) is 0 Å². The maximum Gasteiger partial charge on any atom is 0.260 e. The molecule has 0 spiro atoms. The minimum Gasteiger partial charge on any atom is -0.337 e. The number of alkyl halides is 1. The largest absolute Gasteiger partial charge is 0.337 e. The summed E-state index contributed by atoms with van der Waals surface area (Å²) >= 11 is 5.69. The van der Waals surface area contributed by atoms with Crippen LogP contribution in [0.15, 0.2) is 23.6 Å². The Balaban J connectivity index is 2.27. The Hall–Kier alpha value is -1.38. The van der Waals surface area contributed by atoms with E-state index in [2.05, 4.69) is 15.2 Å². The molecule has 2 aromatic rings. The van der Waals surface area contributed by atoms with Crippen LogP contribution in [0.1, 0.15) is 11.4 Å². The van der Waals surface area contributed by atoms with Crippen LogP contribution in [0.3, 0.4) is 0 Å². The number of sulfonamides is 1. The van der Waals surface area contributed by atoms with Gasteiger partial charge in [-0.05, 0) is 0 Å². The number of aromatic amines is 1. The third-order valence-corrected chi connectivity index (χ3v) is 4.88. The van der Waals surface area contributed by atoms with Gasteiger partial charge in [0.15, 0.2) is 5.03 Å². The smallest absolute Gasteiger partial charge is 0.260 e.